The first kappa shape index (κ1) is 11.3. The topological polar surface area (TPSA) is 26.0 Å². The van der Waals surface area contributed by atoms with Crippen molar-refractivity contribution in [2.75, 3.05) is 6.67 Å². The van der Waals surface area contributed by atoms with Crippen molar-refractivity contribution in [3.8, 4) is 0 Å². The first-order valence-electron chi connectivity index (χ1n) is 3.66. The minimum atomic E-state index is -0.423. The average molecular weight is 187 g/mol. The zero-order valence-corrected chi connectivity index (χ0v) is 8.03. The molecule has 1 nitrogen and oxygen atoms in total. The van der Waals surface area contributed by atoms with Crippen molar-refractivity contribution >= 4 is 11.8 Å². The van der Waals surface area contributed by atoms with Gasteiger partial charge in [0.2, 0.25) is 0 Å². The lowest BCUT2D eigenvalue weighted by atomic mass is 10.3. The van der Waals surface area contributed by atoms with Gasteiger partial charge in [-0.25, -0.2) is 4.39 Å². The molecule has 0 saturated carbocycles. The molecule has 0 atom stereocenters. The Hall–Kier alpha value is -0.700. The van der Waals surface area contributed by atoms with Crippen LogP contribution < -0.4 is 5.73 Å². The van der Waals surface area contributed by atoms with Crippen LogP contribution >= 0.6 is 11.8 Å². The van der Waals surface area contributed by atoms with Crippen LogP contribution in [0.4, 0.5) is 4.39 Å². The van der Waals surface area contributed by atoms with E-state index in [-0.39, 0.29) is 0 Å². The van der Waals surface area contributed by atoms with Crippen LogP contribution in [0.15, 0.2) is 34.7 Å². The molecule has 0 aliphatic rings. The van der Waals surface area contributed by atoms with Crippen LogP contribution in [0.25, 0.3) is 0 Å². The van der Waals surface area contributed by atoms with Crippen molar-refractivity contribution in [1.82, 2.24) is 0 Å². The quantitative estimate of drug-likeness (QED) is 0.716. The molecule has 0 unspecified atom stereocenters. The molecule has 0 aromatic rings. The molecular formula is C9H14FNS. The van der Waals surface area contributed by atoms with E-state index in [1.165, 1.54) is 17.8 Å². The summed E-state index contributed by atoms with van der Waals surface area (Å²) in [6.07, 6.45) is 4.08. The Labute approximate surface area is 77.2 Å². The largest absolute Gasteiger partial charge is 0.402 e. The predicted octanol–water partition coefficient (Wildman–Crippen LogP) is 2.97. The number of allylic oxidation sites excluding steroid dienone is 3. The summed E-state index contributed by atoms with van der Waals surface area (Å²) >= 11 is 1.47. The maximum absolute atomic E-state index is 11.6. The third-order valence-electron chi connectivity index (χ3n) is 1.13. The lowest BCUT2D eigenvalue weighted by molar-refractivity contribution is 0.562. The summed E-state index contributed by atoms with van der Waals surface area (Å²) in [5.74, 6) is 0. The van der Waals surface area contributed by atoms with Gasteiger partial charge in [-0.2, -0.15) is 0 Å². The van der Waals surface area contributed by atoms with Gasteiger partial charge in [-0.3, -0.25) is 0 Å². The number of thioether (sulfide) groups is 1. The molecule has 0 radical (unpaired) electrons. The summed E-state index contributed by atoms with van der Waals surface area (Å²) in [6, 6.07) is 0. The number of hydrogen-bond donors (Lipinski definition) is 1. The Balaban J connectivity index is 3.85. The number of alkyl halides is 1. The zero-order valence-electron chi connectivity index (χ0n) is 7.22. The van der Waals surface area contributed by atoms with Crippen LogP contribution in [0.1, 0.15) is 13.3 Å². The Bertz CT molecular complexity index is 197. The smallest absolute Gasteiger partial charge is 0.108 e. The monoisotopic (exact) mass is 187 g/mol. The second kappa shape index (κ2) is 6.98. The highest BCUT2D eigenvalue weighted by molar-refractivity contribution is 8.05. The summed E-state index contributed by atoms with van der Waals surface area (Å²) in [4.78, 5) is 1.09. The molecular weight excluding hydrogens is 173 g/mol. The van der Waals surface area contributed by atoms with Gasteiger partial charge in [-0.1, -0.05) is 12.7 Å². The lowest BCUT2D eigenvalue weighted by Gasteiger charge is -2.01. The van der Waals surface area contributed by atoms with E-state index in [0.717, 1.165) is 4.91 Å². The van der Waals surface area contributed by atoms with Gasteiger partial charge in [-0.15, -0.1) is 11.8 Å². The van der Waals surface area contributed by atoms with Gasteiger partial charge in [0.15, 0.2) is 0 Å². The van der Waals surface area contributed by atoms with Crippen molar-refractivity contribution in [1.29, 1.82) is 0 Å². The maximum atomic E-state index is 11.6. The summed E-state index contributed by atoms with van der Waals surface area (Å²) in [5.41, 5.74) is 6.06. The maximum Gasteiger partial charge on any atom is 0.108 e. The van der Waals surface area contributed by atoms with Gasteiger partial charge in [0.25, 0.3) is 0 Å². The minimum Gasteiger partial charge on any atom is -0.402 e. The number of rotatable bonds is 5. The van der Waals surface area contributed by atoms with Crippen LogP contribution in [-0.2, 0) is 0 Å². The highest BCUT2D eigenvalue weighted by Gasteiger charge is 1.94. The molecule has 3 heteroatoms. The number of nitrogens with two attached hydrogens (primary N) is 1. The second-order valence-electron chi connectivity index (χ2n) is 2.23. The Kier molecular flexibility index (Phi) is 6.57. The van der Waals surface area contributed by atoms with Crippen LogP contribution in [-0.4, -0.2) is 6.67 Å². The van der Waals surface area contributed by atoms with Crippen molar-refractivity contribution in [2.45, 2.75) is 13.3 Å². The average Bonchev–Trinajstić information content (AvgIpc) is 2.02. The summed E-state index contributed by atoms with van der Waals surface area (Å²) in [5, 5.41) is 1.72. The number of hydrogen-bond acceptors (Lipinski definition) is 2. The molecule has 0 aliphatic carbocycles. The van der Waals surface area contributed by atoms with Gasteiger partial charge in [0.05, 0.1) is 0 Å². The summed E-state index contributed by atoms with van der Waals surface area (Å²) in [6.45, 7) is 5.10. The Morgan fingerprint density at radius 3 is 2.75 bits per heavy atom. The van der Waals surface area contributed by atoms with Gasteiger partial charge < -0.3 is 5.73 Å². The van der Waals surface area contributed by atoms with E-state index < -0.39 is 6.67 Å². The van der Waals surface area contributed by atoms with Crippen LogP contribution in [0.2, 0.25) is 0 Å². The standard InChI is InChI=1S/C9H14FNS/c1-3-9(7-8(2)11)12-6-4-5-10/h3-4,6H,2,5,7,11H2,1H3/b6-4+,9-3-. The van der Waals surface area contributed by atoms with Crippen molar-refractivity contribution in [3.05, 3.63) is 34.7 Å². The van der Waals surface area contributed by atoms with Crippen LogP contribution in [0.3, 0.4) is 0 Å². The first-order chi connectivity index (χ1) is 5.70. The molecule has 0 heterocycles. The fraction of sp³-hybridized carbons (Fsp3) is 0.333. The van der Waals surface area contributed by atoms with E-state index in [4.69, 9.17) is 5.73 Å². The molecule has 0 bridgehead atoms. The minimum absolute atomic E-state index is 0.423. The van der Waals surface area contributed by atoms with Crippen molar-refractivity contribution in [2.24, 2.45) is 5.73 Å². The Morgan fingerprint density at radius 1 is 1.67 bits per heavy atom. The normalized spacial score (nSPS) is 12.3. The van der Waals surface area contributed by atoms with E-state index in [1.807, 2.05) is 13.0 Å². The van der Waals surface area contributed by atoms with Gasteiger partial charge in [0, 0.05) is 12.1 Å². The lowest BCUT2D eigenvalue weighted by Crippen LogP contribution is -1.94. The van der Waals surface area contributed by atoms with E-state index >= 15 is 0 Å². The molecule has 0 aliphatic heterocycles. The van der Waals surface area contributed by atoms with Crippen LogP contribution in [0, 0.1) is 0 Å². The SMILES string of the molecule is C=C(N)C/C(=C/C)S/C=C/CF. The molecule has 0 rings (SSSR count). The molecule has 0 aromatic heterocycles. The van der Waals surface area contributed by atoms with Gasteiger partial charge in [0.1, 0.15) is 6.67 Å². The second-order valence-corrected chi connectivity index (χ2v) is 3.27. The summed E-state index contributed by atoms with van der Waals surface area (Å²) < 4.78 is 11.6. The van der Waals surface area contributed by atoms with E-state index in [0.29, 0.717) is 12.1 Å². The van der Waals surface area contributed by atoms with Gasteiger partial charge >= 0.3 is 0 Å². The summed E-state index contributed by atoms with van der Waals surface area (Å²) in [7, 11) is 0. The predicted molar refractivity (Wildman–Crippen MR) is 54.4 cm³/mol. The molecule has 0 fully saturated rings. The molecule has 0 aromatic carbocycles. The van der Waals surface area contributed by atoms with E-state index in [2.05, 4.69) is 6.58 Å². The molecule has 2 N–H and O–H groups in total. The molecule has 12 heavy (non-hydrogen) atoms. The molecule has 0 amide bonds. The Morgan fingerprint density at radius 2 is 2.33 bits per heavy atom. The number of halogens is 1. The van der Waals surface area contributed by atoms with E-state index in [1.54, 1.807) is 5.41 Å². The molecule has 68 valence electrons. The fourth-order valence-corrected chi connectivity index (χ4v) is 1.36. The highest BCUT2D eigenvalue weighted by Crippen LogP contribution is 2.21. The highest BCUT2D eigenvalue weighted by atomic mass is 32.2. The molecule has 0 saturated heterocycles. The van der Waals surface area contributed by atoms with Gasteiger partial charge in [-0.05, 0) is 23.3 Å². The third-order valence-corrected chi connectivity index (χ3v) is 2.14. The fourth-order valence-electron chi connectivity index (χ4n) is 0.607. The van der Waals surface area contributed by atoms with Crippen LogP contribution in [0.5, 0.6) is 0 Å². The first-order valence-corrected chi connectivity index (χ1v) is 4.54. The van der Waals surface area contributed by atoms with E-state index in [9.17, 15) is 4.39 Å². The third kappa shape index (κ3) is 6.04. The zero-order chi connectivity index (χ0) is 9.40. The molecule has 0 spiro atoms. The van der Waals surface area contributed by atoms with Crippen molar-refractivity contribution in [3.63, 3.8) is 0 Å². The van der Waals surface area contributed by atoms with Crippen molar-refractivity contribution < 1.29 is 4.39 Å².